The third-order valence-electron chi connectivity index (χ3n) is 2.65. The first-order chi connectivity index (χ1) is 8.61. The lowest BCUT2D eigenvalue weighted by molar-refractivity contribution is 0.0991. The molecule has 2 aromatic rings. The Bertz CT molecular complexity index is 547. The van der Waals surface area contributed by atoms with Crippen molar-refractivity contribution in [2.24, 2.45) is 0 Å². The van der Waals surface area contributed by atoms with Gasteiger partial charge in [-0.25, -0.2) is 4.39 Å². The first-order valence-corrected chi connectivity index (χ1v) is 6.89. The summed E-state index contributed by atoms with van der Waals surface area (Å²) in [4.78, 5) is 13.9. The van der Waals surface area contributed by atoms with E-state index in [4.69, 9.17) is 11.6 Å². The van der Waals surface area contributed by atoms with E-state index in [1.54, 1.807) is 18.2 Å². The molecule has 1 atom stereocenters. The summed E-state index contributed by atoms with van der Waals surface area (Å²) in [5.74, 6) is -0.465. The fraction of sp³-hybridized carbons (Fsp3) is 0.214. The molecule has 1 aromatic carbocycles. The number of halogens is 2. The van der Waals surface area contributed by atoms with Crippen molar-refractivity contribution in [2.75, 3.05) is 0 Å². The van der Waals surface area contributed by atoms with Crippen molar-refractivity contribution in [1.29, 1.82) is 0 Å². The fourth-order valence-electron chi connectivity index (χ4n) is 1.61. The molecule has 1 nitrogen and oxygen atoms in total. The van der Waals surface area contributed by atoms with E-state index in [-0.39, 0.29) is 11.6 Å². The predicted octanol–water partition coefficient (Wildman–Crippen LogP) is 4.61. The Morgan fingerprint density at radius 3 is 2.50 bits per heavy atom. The lowest BCUT2D eigenvalue weighted by Gasteiger charge is -2.07. The molecule has 0 saturated heterocycles. The molecule has 94 valence electrons. The normalized spacial score (nSPS) is 12.4. The maximum absolute atomic E-state index is 12.8. The predicted molar refractivity (Wildman–Crippen MR) is 73.0 cm³/mol. The van der Waals surface area contributed by atoms with E-state index in [0.29, 0.717) is 10.4 Å². The Hall–Kier alpha value is -1.19. The summed E-state index contributed by atoms with van der Waals surface area (Å²) in [5.41, 5.74) is 0.620. The Kier molecular flexibility index (Phi) is 4.15. The molecule has 0 N–H and O–H groups in total. The second-order valence-corrected chi connectivity index (χ2v) is 5.50. The largest absolute Gasteiger partial charge is 0.291 e. The van der Waals surface area contributed by atoms with E-state index < -0.39 is 5.38 Å². The van der Waals surface area contributed by atoms with Crippen LogP contribution in [-0.2, 0) is 6.42 Å². The van der Waals surface area contributed by atoms with Gasteiger partial charge in [-0.2, -0.15) is 0 Å². The molecule has 0 radical (unpaired) electrons. The number of Topliss-reactive ketones (excluding diaryl/α,β-unsaturated/α-hetero) is 1. The van der Waals surface area contributed by atoms with Gasteiger partial charge >= 0.3 is 0 Å². The zero-order chi connectivity index (χ0) is 13.1. The summed E-state index contributed by atoms with van der Waals surface area (Å²) in [7, 11) is 0. The Morgan fingerprint density at radius 2 is 1.94 bits per heavy atom. The van der Waals surface area contributed by atoms with E-state index in [0.717, 1.165) is 11.3 Å². The van der Waals surface area contributed by atoms with Crippen molar-refractivity contribution >= 4 is 28.7 Å². The van der Waals surface area contributed by atoms with E-state index in [1.165, 1.54) is 23.5 Å². The van der Waals surface area contributed by atoms with Crippen molar-refractivity contribution in [3.63, 3.8) is 0 Å². The second kappa shape index (κ2) is 5.63. The molecule has 0 amide bonds. The van der Waals surface area contributed by atoms with Gasteiger partial charge in [0.1, 0.15) is 11.2 Å². The van der Waals surface area contributed by atoms with Crippen LogP contribution in [0, 0.1) is 5.82 Å². The molecule has 1 aromatic heterocycles. The van der Waals surface area contributed by atoms with Crippen LogP contribution in [-0.4, -0.2) is 5.78 Å². The molecule has 0 aliphatic heterocycles. The van der Waals surface area contributed by atoms with Crippen LogP contribution >= 0.6 is 22.9 Å². The summed E-state index contributed by atoms with van der Waals surface area (Å²) >= 11 is 7.59. The minimum absolute atomic E-state index is 0.132. The number of hydrogen-bond donors (Lipinski definition) is 0. The fourth-order valence-corrected chi connectivity index (χ4v) is 2.85. The van der Waals surface area contributed by atoms with E-state index >= 15 is 0 Å². The van der Waals surface area contributed by atoms with Gasteiger partial charge in [-0.1, -0.05) is 19.1 Å². The smallest absolute Gasteiger partial charge is 0.195 e. The third kappa shape index (κ3) is 2.79. The summed E-state index contributed by atoms with van der Waals surface area (Å²) in [6, 6.07) is 9.43. The minimum Gasteiger partial charge on any atom is -0.291 e. The lowest BCUT2D eigenvalue weighted by atomic mass is 10.1. The number of carbonyl (C=O) groups is 1. The topological polar surface area (TPSA) is 17.1 Å². The average molecular weight is 283 g/mol. The second-order valence-electron chi connectivity index (χ2n) is 3.90. The van der Waals surface area contributed by atoms with Gasteiger partial charge in [-0.05, 0) is 36.2 Å². The van der Waals surface area contributed by atoms with Crippen LogP contribution < -0.4 is 0 Å². The van der Waals surface area contributed by atoms with Crippen LogP contribution in [0.25, 0.3) is 0 Å². The molecule has 18 heavy (non-hydrogen) atoms. The number of rotatable bonds is 4. The van der Waals surface area contributed by atoms with Gasteiger partial charge in [0.2, 0.25) is 0 Å². The van der Waals surface area contributed by atoms with Crippen molar-refractivity contribution in [2.45, 2.75) is 18.7 Å². The van der Waals surface area contributed by atoms with Crippen LogP contribution in [0.3, 0.4) is 0 Å². The molecule has 0 spiro atoms. The highest BCUT2D eigenvalue weighted by molar-refractivity contribution is 7.14. The van der Waals surface area contributed by atoms with Crippen molar-refractivity contribution in [3.05, 3.63) is 57.5 Å². The van der Waals surface area contributed by atoms with Gasteiger partial charge in [0.05, 0.1) is 4.88 Å². The molecule has 1 unspecified atom stereocenters. The van der Waals surface area contributed by atoms with E-state index in [1.807, 2.05) is 13.0 Å². The highest BCUT2D eigenvalue weighted by Gasteiger charge is 2.20. The van der Waals surface area contributed by atoms with Crippen molar-refractivity contribution in [3.8, 4) is 0 Å². The zero-order valence-corrected chi connectivity index (χ0v) is 11.4. The van der Waals surface area contributed by atoms with E-state index in [9.17, 15) is 9.18 Å². The van der Waals surface area contributed by atoms with Gasteiger partial charge < -0.3 is 0 Å². The number of carbonyl (C=O) groups excluding carboxylic acids is 1. The van der Waals surface area contributed by atoms with Crippen LogP contribution in [0.15, 0.2) is 36.4 Å². The number of thiophene rings is 1. The molecule has 1 heterocycles. The molecular weight excluding hydrogens is 271 g/mol. The zero-order valence-electron chi connectivity index (χ0n) is 9.82. The molecule has 4 heteroatoms. The Balaban J connectivity index is 2.20. The van der Waals surface area contributed by atoms with Gasteiger partial charge in [-0.15, -0.1) is 22.9 Å². The number of ketones is 1. The van der Waals surface area contributed by atoms with Crippen LogP contribution in [0.2, 0.25) is 0 Å². The Morgan fingerprint density at radius 1 is 1.28 bits per heavy atom. The quantitative estimate of drug-likeness (QED) is 0.591. The lowest BCUT2D eigenvalue weighted by Crippen LogP contribution is -2.05. The molecule has 0 aliphatic carbocycles. The van der Waals surface area contributed by atoms with Gasteiger partial charge in [0.15, 0.2) is 5.78 Å². The monoisotopic (exact) mass is 282 g/mol. The molecule has 0 aliphatic rings. The molecule has 2 rings (SSSR count). The van der Waals surface area contributed by atoms with Gasteiger partial charge in [0, 0.05) is 4.88 Å². The van der Waals surface area contributed by atoms with Crippen LogP contribution in [0.4, 0.5) is 4.39 Å². The van der Waals surface area contributed by atoms with Gasteiger partial charge in [-0.3, -0.25) is 4.79 Å². The maximum atomic E-state index is 12.8. The standard InChI is InChI=1S/C14H12ClFOS/c1-2-11-7-8-12(18-11)14(17)13(15)9-3-5-10(16)6-4-9/h3-8,13H,2H2,1H3. The SMILES string of the molecule is CCc1ccc(C(=O)C(Cl)c2ccc(F)cc2)s1. The van der Waals surface area contributed by atoms with Crippen molar-refractivity contribution in [1.82, 2.24) is 0 Å². The maximum Gasteiger partial charge on any atom is 0.195 e. The highest BCUT2D eigenvalue weighted by atomic mass is 35.5. The van der Waals surface area contributed by atoms with Crippen molar-refractivity contribution < 1.29 is 9.18 Å². The number of aryl methyl sites for hydroxylation is 1. The Labute approximate surface area is 114 Å². The first-order valence-electron chi connectivity index (χ1n) is 5.64. The molecule has 0 saturated carbocycles. The number of alkyl halides is 1. The highest BCUT2D eigenvalue weighted by Crippen LogP contribution is 2.28. The number of hydrogen-bond acceptors (Lipinski definition) is 2. The molecular formula is C14H12ClFOS. The molecule has 0 bridgehead atoms. The third-order valence-corrected chi connectivity index (χ3v) is 4.34. The summed E-state index contributed by atoms with van der Waals surface area (Å²) in [6.45, 7) is 2.04. The van der Waals surface area contributed by atoms with Crippen LogP contribution in [0.5, 0.6) is 0 Å². The summed E-state index contributed by atoms with van der Waals surface area (Å²) in [5, 5.41) is -0.756. The average Bonchev–Trinajstić information content (AvgIpc) is 2.86. The van der Waals surface area contributed by atoms with E-state index in [2.05, 4.69) is 0 Å². The molecule has 0 fully saturated rings. The summed E-state index contributed by atoms with van der Waals surface area (Å²) in [6.07, 6.45) is 0.904. The minimum atomic E-state index is -0.756. The summed E-state index contributed by atoms with van der Waals surface area (Å²) < 4.78 is 12.8. The first kappa shape index (κ1) is 13.2. The van der Waals surface area contributed by atoms with Gasteiger partial charge in [0.25, 0.3) is 0 Å². The number of benzene rings is 1. The van der Waals surface area contributed by atoms with Crippen LogP contribution in [0.1, 0.15) is 32.4 Å².